The molecule has 0 amide bonds. The maximum atomic E-state index is 12.7. The molecule has 0 fully saturated rings. The Bertz CT molecular complexity index is 558. The Morgan fingerprint density at radius 3 is 2.78 bits per heavy atom. The summed E-state index contributed by atoms with van der Waals surface area (Å²) in [7, 11) is 0. The van der Waals surface area contributed by atoms with Gasteiger partial charge in [0.25, 0.3) is 0 Å². The van der Waals surface area contributed by atoms with Gasteiger partial charge in [0.05, 0.1) is 6.54 Å². The predicted octanol–water partition coefficient (Wildman–Crippen LogP) is 1.73. The third-order valence-electron chi connectivity index (χ3n) is 2.47. The number of aromatic amines is 1. The summed E-state index contributed by atoms with van der Waals surface area (Å²) in [5.74, 6) is 0.291. The van der Waals surface area contributed by atoms with Crippen LogP contribution in [-0.4, -0.2) is 14.8 Å². The molecule has 0 radical (unpaired) electrons. The number of halogens is 1. The van der Waals surface area contributed by atoms with E-state index >= 15 is 0 Å². The lowest BCUT2D eigenvalue weighted by molar-refractivity contribution is 0.577. The Balaban J connectivity index is 1.99. The van der Waals surface area contributed by atoms with Crippen molar-refractivity contribution in [3.63, 3.8) is 0 Å². The number of hydrogen-bond donors (Lipinski definition) is 2. The number of aromatic nitrogens is 3. The maximum absolute atomic E-state index is 12.7. The molecule has 5 nitrogen and oxygen atoms in total. The first kappa shape index (κ1) is 12.3. The van der Waals surface area contributed by atoms with E-state index in [9.17, 15) is 9.18 Å². The van der Waals surface area contributed by atoms with Crippen LogP contribution in [0.25, 0.3) is 0 Å². The van der Waals surface area contributed by atoms with Gasteiger partial charge >= 0.3 is 5.69 Å². The topological polar surface area (TPSA) is 62.7 Å². The van der Waals surface area contributed by atoms with Gasteiger partial charge in [0.1, 0.15) is 11.6 Å². The zero-order chi connectivity index (χ0) is 13.0. The van der Waals surface area contributed by atoms with Crippen molar-refractivity contribution in [2.45, 2.75) is 26.4 Å². The highest BCUT2D eigenvalue weighted by atomic mass is 19.1. The monoisotopic (exact) mass is 250 g/mol. The van der Waals surface area contributed by atoms with Gasteiger partial charge in [-0.15, -0.1) is 0 Å². The summed E-state index contributed by atoms with van der Waals surface area (Å²) in [6.07, 6.45) is 0.857. The Morgan fingerprint density at radius 2 is 2.11 bits per heavy atom. The standard InChI is InChI=1S/C12H15FN4O/c1-2-7-17-12(18)15-11(16-17)8-14-10-5-3-9(13)4-6-10/h3-6,14H,2,7-8H2,1H3,(H,15,16,18). The van der Waals surface area contributed by atoms with Crippen molar-refractivity contribution in [2.75, 3.05) is 5.32 Å². The van der Waals surface area contributed by atoms with Gasteiger partial charge in [0.2, 0.25) is 0 Å². The van der Waals surface area contributed by atoms with Gasteiger partial charge in [-0.2, -0.15) is 5.10 Å². The molecule has 0 aliphatic heterocycles. The van der Waals surface area contributed by atoms with E-state index in [0.717, 1.165) is 12.1 Å². The number of benzene rings is 1. The number of rotatable bonds is 5. The van der Waals surface area contributed by atoms with E-state index in [0.29, 0.717) is 18.9 Å². The molecule has 1 heterocycles. The van der Waals surface area contributed by atoms with Crippen LogP contribution in [0.1, 0.15) is 19.2 Å². The van der Waals surface area contributed by atoms with Gasteiger partial charge in [-0.1, -0.05) is 6.92 Å². The van der Waals surface area contributed by atoms with Gasteiger partial charge in [-0.3, -0.25) is 4.98 Å². The van der Waals surface area contributed by atoms with Crippen LogP contribution in [0.4, 0.5) is 10.1 Å². The summed E-state index contributed by atoms with van der Waals surface area (Å²) in [6.45, 7) is 2.99. The molecule has 6 heteroatoms. The lowest BCUT2D eigenvalue weighted by Gasteiger charge is -2.03. The first-order chi connectivity index (χ1) is 8.69. The third-order valence-corrected chi connectivity index (χ3v) is 2.47. The van der Waals surface area contributed by atoms with E-state index in [1.54, 1.807) is 12.1 Å². The SMILES string of the molecule is CCCn1nc(CNc2ccc(F)cc2)[nH]c1=O. The average Bonchev–Trinajstić information content (AvgIpc) is 2.70. The Morgan fingerprint density at radius 1 is 1.39 bits per heavy atom. The minimum Gasteiger partial charge on any atom is -0.378 e. The van der Waals surface area contributed by atoms with Crippen molar-refractivity contribution < 1.29 is 4.39 Å². The van der Waals surface area contributed by atoms with Crippen LogP contribution >= 0.6 is 0 Å². The molecule has 18 heavy (non-hydrogen) atoms. The van der Waals surface area contributed by atoms with E-state index in [1.165, 1.54) is 16.8 Å². The van der Waals surface area contributed by atoms with Crippen molar-refractivity contribution >= 4 is 5.69 Å². The minimum atomic E-state index is -0.277. The quantitative estimate of drug-likeness (QED) is 0.849. The number of anilines is 1. The number of nitrogens with one attached hydrogen (secondary N) is 2. The van der Waals surface area contributed by atoms with Crippen LogP contribution in [0.2, 0.25) is 0 Å². The molecule has 0 aliphatic carbocycles. The highest BCUT2D eigenvalue weighted by molar-refractivity contribution is 5.42. The second kappa shape index (κ2) is 5.48. The van der Waals surface area contributed by atoms with Crippen molar-refractivity contribution in [3.8, 4) is 0 Å². The van der Waals surface area contributed by atoms with Gasteiger partial charge < -0.3 is 5.32 Å². The first-order valence-corrected chi connectivity index (χ1v) is 5.84. The molecule has 0 saturated carbocycles. The summed E-state index contributed by atoms with van der Waals surface area (Å²) in [5.41, 5.74) is 0.579. The zero-order valence-electron chi connectivity index (χ0n) is 10.1. The van der Waals surface area contributed by atoms with Crippen molar-refractivity contribution in [1.82, 2.24) is 14.8 Å². The highest BCUT2D eigenvalue weighted by Crippen LogP contribution is 2.08. The van der Waals surface area contributed by atoms with Gasteiger partial charge in [0, 0.05) is 12.2 Å². The third kappa shape index (κ3) is 2.97. The van der Waals surface area contributed by atoms with Gasteiger partial charge in [0.15, 0.2) is 0 Å². The molecule has 0 atom stereocenters. The lowest BCUT2D eigenvalue weighted by Crippen LogP contribution is -2.17. The molecule has 0 saturated heterocycles. The molecular formula is C12H15FN4O. The summed E-state index contributed by atoms with van der Waals surface area (Å²) >= 11 is 0. The molecule has 0 bridgehead atoms. The van der Waals surface area contributed by atoms with E-state index < -0.39 is 0 Å². The molecule has 2 N–H and O–H groups in total. The van der Waals surface area contributed by atoms with Crippen LogP contribution in [-0.2, 0) is 13.1 Å². The smallest absolute Gasteiger partial charge is 0.343 e. The summed E-state index contributed by atoms with van der Waals surface area (Å²) < 4.78 is 14.1. The van der Waals surface area contributed by atoms with Crippen LogP contribution in [0.3, 0.4) is 0 Å². The molecule has 96 valence electrons. The molecule has 0 unspecified atom stereocenters. The molecule has 1 aromatic carbocycles. The summed E-state index contributed by atoms with van der Waals surface area (Å²) in [4.78, 5) is 14.1. The largest absolute Gasteiger partial charge is 0.378 e. The van der Waals surface area contributed by atoms with Gasteiger partial charge in [-0.05, 0) is 30.7 Å². The number of aryl methyl sites for hydroxylation is 1. The second-order valence-corrected chi connectivity index (χ2v) is 3.96. The van der Waals surface area contributed by atoms with Crippen LogP contribution in [0.5, 0.6) is 0 Å². The highest BCUT2D eigenvalue weighted by Gasteiger charge is 2.03. The Kier molecular flexibility index (Phi) is 3.76. The maximum Gasteiger partial charge on any atom is 0.343 e. The number of hydrogen-bond acceptors (Lipinski definition) is 3. The molecule has 2 rings (SSSR count). The number of nitrogens with zero attached hydrogens (tertiary/aromatic N) is 2. The normalized spacial score (nSPS) is 10.6. The van der Waals surface area contributed by atoms with Crippen LogP contribution in [0, 0.1) is 5.82 Å². The number of H-pyrrole nitrogens is 1. The fourth-order valence-corrected chi connectivity index (χ4v) is 1.60. The fraction of sp³-hybridized carbons (Fsp3) is 0.333. The lowest BCUT2D eigenvalue weighted by atomic mass is 10.3. The first-order valence-electron chi connectivity index (χ1n) is 5.84. The average molecular weight is 250 g/mol. The Hall–Kier alpha value is -2.11. The molecule has 0 aliphatic rings. The van der Waals surface area contributed by atoms with Crippen molar-refractivity contribution in [3.05, 3.63) is 46.4 Å². The van der Waals surface area contributed by atoms with E-state index in [2.05, 4.69) is 15.4 Å². The van der Waals surface area contributed by atoms with Gasteiger partial charge in [-0.25, -0.2) is 13.9 Å². The van der Waals surface area contributed by atoms with Crippen LogP contribution in [0.15, 0.2) is 29.1 Å². The fourth-order valence-electron chi connectivity index (χ4n) is 1.60. The second-order valence-electron chi connectivity index (χ2n) is 3.96. The Labute approximate surface area is 104 Å². The van der Waals surface area contributed by atoms with Crippen molar-refractivity contribution in [2.24, 2.45) is 0 Å². The minimum absolute atomic E-state index is 0.201. The van der Waals surface area contributed by atoms with Crippen molar-refractivity contribution in [1.29, 1.82) is 0 Å². The van der Waals surface area contributed by atoms with Crippen LogP contribution < -0.4 is 11.0 Å². The molecule has 0 spiro atoms. The molecule has 2 aromatic rings. The predicted molar refractivity (Wildman–Crippen MR) is 66.9 cm³/mol. The molecule has 1 aromatic heterocycles. The summed E-state index contributed by atoms with van der Waals surface area (Å²) in [5, 5.41) is 7.20. The molecular weight excluding hydrogens is 235 g/mol. The zero-order valence-corrected chi connectivity index (χ0v) is 10.1. The summed E-state index contributed by atoms with van der Waals surface area (Å²) in [6, 6.07) is 6.02. The van der Waals surface area contributed by atoms with E-state index in [1.807, 2.05) is 6.92 Å². The van der Waals surface area contributed by atoms with E-state index in [-0.39, 0.29) is 11.5 Å². The van der Waals surface area contributed by atoms with E-state index in [4.69, 9.17) is 0 Å².